The minimum Gasteiger partial charge on any atom is -0.450 e. The number of amides is 1. The van der Waals surface area contributed by atoms with Crippen LogP contribution in [0.25, 0.3) is 0 Å². The van der Waals surface area contributed by atoms with Gasteiger partial charge in [0.1, 0.15) is 0 Å². The number of hydrogen-bond acceptors (Lipinski definition) is 3. The van der Waals surface area contributed by atoms with E-state index in [0.717, 1.165) is 6.42 Å². The predicted octanol–water partition coefficient (Wildman–Crippen LogP) is 1.53. The van der Waals surface area contributed by atoms with Crippen LogP contribution in [0.3, 0.4) is 0 Å². The van der Waals surface area contributed by atoms with Crippen molar-refractivity contribution in [2.24, 2.45) is 5.92 Å². The molecule has 4 nitrogen and oxygen atoms in total. The number of nitrogens with one attached hydrogen (secondary N) is 1. The van der Waals surface area contributed by atoms with E-state index in [2.05, 4.69) is 19.2 Å². The van der Waals surface area contributed by atoms with E-state index in [1.54, 1.807) is 0 Å². The van der Waals surface area contributed by atoms with Crippen molar-refractivity contribution < 1.29 is 14.6 Å². The van der Waals surface area contributed by atoms with Crippen molar-refractivity contribution in [3.8, 4) is 0 Å². The smallest absolute Gasteiger partial charge is 0.407 e. The van der Waals surface area contributed by atoms with Crippen LogP contribution in [0.5, 0.6) is 0 Å². The second kappa shape index (κ2) is 7.62. The van der Waals surface area contributed by atoms with Crippen molar-refractivity contribution >= 4 is 6.09 Å². The molecule has 0 bridgehead atoms. The van der Waals surface area contributed by atoms with Gasteiger partial charge in [-0.2, -0.15) is 0 Å². The van der Waals surface area contributed by atoms with E-state index >= 15 is 0 Å². The van der Waals surface area contributed by atoms with Crippen molar-refractivity contribution in [1.29, 1.82) is 0 Å². The van der Waals surface area contributed by atoms with Gasteiger partial charge in [0, 0.05) is 0 Å². The summed E-state index contributed by atoms with van der Waals surface area (Å²) in [6, 6.07) is -0.193. The van der Waals surface area contributed by atoms with E-state index in [9.17, 15) is 4.79 Å². The van der Waals surface area contributed by atoms with Crippen LogP contribution in [0, 0.1) is 5.92 Å². The van der Waals surface area contributed by atoms with Gasteiger partial charge < -0.3 is 15.2 Å². The van der Waals surface area contributed by atoms with E-state index in [4.69, 9.17) is 9.84 Å². The van der Waals surface area contributed by atoms with Gasteiger partial charge in [0.05, 0.1) is 19.3 Å². The summed E-state index contributed by atoms with van der Waals surface area (Å²) < 4.78 is 4.93. The SMILES string of the molecule is CCC(CO)NC(=O)OCCC(C)C. The molecule has 0 aliphatic rings. The average Bonchev–Trinajstić information content (AvgIpc) is 2.13. The summed E-state index contributed by atoms with van der Waals surface area (Å²) in [6.07, 6.45) is 1.13. The number of carbonyl (C=O) groups is 1. The molecular formula is C10H21NO3. The maximum absolute atomic E-state index is 11.1. The summed E-state index contributed by atoms with van der Waals surface area (Å²) in [5.74, 6) is 0.530. The van der Waals surface area contributed by atoms with Gasteiger partial charge in [0.2, 0.25) is 0 Å². The Hall–Kier alpha value is -0.770. The molecule has 84 valence electrons. The van der Waals surface area contributed by atoms with Gasteiger partial charge in [-0.15, -0.1) is 0 Å². The van der Waals surface area contributed by atoms with Crippen molar-refractivity contribution in [2.45, 2.75) is 39.7 Å². The van der Waals surface area contributed by atoms with E-state index in [1.165, 1.54) is 0 Å². The zero-order valence-corrected chi connectivity index (χ0v) is 9.25. The van der Waals surface area contributed by atoms with Gasteiger partial charge in [0.25, 0.3) is 0 Å². The summed E-state index contributed by atoms with van der Waals surface area (Å²) in [7, 11) is 0. The highest BCUT2D eigenvalue weighted by atomic mass is 16.5. The third-order valence-corrected chi connectivity index (χ3v) is 1.96. The third kappa shape index (κ3) is 6.71. The van der Waals surface area contributed by atoms with Crippen LogP contribution < -0.4 is 5.32 Å². The van der Waals surface area contributed by atoms with Crippen LogP contribution in [0.15, 0.2) is 0 Å². The van der Waals surface area contributed by atoms with Crippen LogP contribution in [-0.4, -0.2) is 30.5 Å². The number of aliphatic hydroxyl groups is 1. The Bertz CT molecular complexity index is 155. The second-order valence-corrected chi connectivity index (χ2v) is 3.75. The first-order valence-electron chi connectivity index (χ1n) is 5.14. The lowest BCUT2D eigenvalue weighted by molar-refractivity contribution is 0.130. The van der Waals surface area contributed by atoms with Gasteiger partial charge >= 0.3 is 6.09 Å². The van der Waals surface area contributed by atoms with Gasteiger partial charge in [-0.3, -0.25) is 0 Å². The average molecular weight is 203 g/mol. The molecule has 0 fully saturated rings. The lowest BCUT2D eigenvalue weighted by atomic mass is 10.1. The minimum absolute atomic E-state index is 0.0459. The lowest BCUT2D eigenvalue weighted by Crippen LogP contribution is -2.37. The standard InChI is InChI=1S/C10H21NO3/c1-4-9(7-12)11-10(13)14-6-5-8(2)3/h8-9,12H,4-7H2,1-3H3,(H,11,13). The first-order valence-corrected chi connectivity index (χ1v) is 5.14. The largest absolute Gasteiger partial charge is 0.450 e. The van der Waals surface area contributed by atoms with Crippen LogP contribution in [0.2, 0.25) is 0 Å². The molecule has 0 aromatic rings. The first-order chi connectivity index (χ1) is 6.60. The number of alkyl carbamates (subject to hydrolysis) is 1. The molecule has 2 N–H and O–H groups in total. The molecule has 0 radical (unpaired) electrons. The topological polar surface area (TPSA) is 58.6 Å². The fourth-order valence-electron chi connectivity index (χ4n) is 0.872. The zero-order chi connectivity index (χ0) is 11.0. The molecule has 1 unspecified atom stereocenters. The summed E-state index contributed by atoms with van der Waals surface area (Å²) in [5.41, 5.74) is 0. The Balaban J connectivity index is 3.54. The maximum Gasteiger partial charge on any atom is 0.407 e. The Morgan fingerprint density at radius 3 is 2.57 bits per heavy atom. The molecule has 0 spiro atoms. The number of hydrogen-bond donors (Lipinski definition) is 2. The van der Waals surface area contributed by atoms with E-state index in [1.807, 2.05) is 6.92 Å². The molecule has 0 aromatic heterocycles. The molecule has 1 amide bonds. The van der Waals surface area contributed by atoms with Crippen LogP contribution in [-0.2, 0) is 4.74 Å². The zero-order valence-electron chi connectivity index (χ0n) is 9.25. The molecule has 0 aromatic carbocycles. The number of ether oxygens (including phenoxy) is 1. The Kier molecular flexibility index (Phi) is 7.20. The normalized spacial score (nSPS) is 12.6. The third-order valence-electron chi connectivity index (χ3n) is 1.96. The highest BCUT2D eigenvalue weighted by Gasteiger charge is 2.09. The molecule has 0 saturated heterocycles. The van der Waals surface area contributed by atoms with Crippen molar-refractivity contribution in [1.82, 2.24) is 5.32 Å². The second-order valence-electron chi connectivity index (χ2n) is 3.75. The van der Waals surface area contributed by atoms with Crippen LogP contribution in [0.4, 0.5) is 4.79 Å². The molecule has 0 aliphatic carbocycles. The molecule has 4 heteroatoms. The van der Waals surface area contributed by atoms with Crippen molar-refractivity contribution in [2.75, 3.05) is 13.2 Å². The molecule has 0 saturated carbocycles. The van der Waals surface area contributed by atoms with Crippen LogP contribution >= 0.6 is 0 Å². The molecule has 14 heavy (non-hydrogen) atoms. The monoisotopic (exact) mass is 203 g/mol. The molecule has 0 rings (SSSR count). The fraction of sp³-hybridized carbons (Fsp3) is 0.900. The van der Waals surface area contributed by atoms with Gasteiger partial charge in [-0.25, -0.2) is 4.79 Å². The minimum atomic E-state index is -0.438. The first kappa shape index (κ1) is 13.2. The lowest BCUT2D eigenvalue weighted by Gasteiger charge is -2.14. The van der Waals surface area contributed by atoms with E-state index in [0.29, 0.717) is 18.9 Å². The number of aliphatic hydroxyl groups excluding tert-OH is 1. The van der Waals surface area contributed by atoms with Crippen molar-refractivity contribution in [3.63, 3.8) is 0 Å². The van der Waals surface area contributed by atoms with Gasteiger partial charge in [0.15, 0.2) is 0 Å². The summed E-state index contributed by atoms with van der Waals surface area (Å²) in [6.45, 7) is 6.43. The van der Waals surface area contributed by atoms with E-state index < -0.39 is 6.09 Å². The van der Waals surface area contributed by atoms with Crippen molar-refractivity contribution in [3.05, 3.63) is 0 Å². The number of rotatable bonds is 6. The van der Waals surface area contributed by atoms with Gasteiger partial charge in [-0.1, -0.05) is 20.8 Å². The highest BCUT2D eigenvalue weighted by Crippen LogP contribution is 1.99. The number of carbonyl (C=O) groups excluding carboxylic acids is 1. The van der Waals surface area contributed by atoms with E-state index in [-0.39, 0.29) is 12.6 Å². The maximum atomic E-state index is 11.1. The van der Waals surface area contributed by atoms with Gasteiger partial charge in [-0.05, 0) is 18.8 Å². The predicted molar refractivity (Wildman–Crippen MR) is 55.1 cm³/mol. The Labute approximate surface area is 85.6 Å². The fourth-order valence-corrected chi connectivity index (χ4v) is 0.872. The van der Waals surface area contributed by atoms with Crippen LogP contribution in [0.1, 0.15) is 33.6 Å². The molecular weight excluding hydrogens is 182 g/mol. The quantitative estimate of drug-likeness (QED) is 0.688. The molecule has 1 atom stereocenters. The Morgan fingerprint density at radius 1 is 1.50 bits per heavy atom. The summed E-state index contributed by atoms with van der Waals surface area (Å²) in [5, 5.41) is 11.4. The Morgan fingerprint density at radius 2 is 2.14 bits per heavy atom. The summed E-state index contributed by atoms with van der Waals surface area (Å²) >= 11 is 0. The molecule has 0 aliphatic heterocycles. The summed E-state index contributed by atoms with van der Waals surface area (Å²) in [4.78, 5) is 11.1. The highest BCUT2D eigenvalue weighted by molar-refractivity contribution is 5.67. The molecule has 0 heterocycles.